The highest BCUT2D eigenvalue weighted by Gasteiger charge is 2.41. The van der Waals surface area contributed by atoms with E-state index in [1.807, 2.05) is 6.07 Å². The summed E-state index contributed by atoms with van der Waals surface area (Å²) < 4.78 is 19.2. The van der Waals surface area contributed by atoms with Gasteiger partial charge in [-0.2, -0.15) is 4.80 Å². The first kappa shape index (κ1) is 20.2. The van der Waals surface area contributed by atoms with Gasteiger partial charge in [0.15, 0.2) is 5.82 Å². The van der Waals surface area contributed by atoms with Crippen LogP contribution in [-0.2, 0) is 6.54 Å². The Morgan fingerprint density at radius 1 is 1.10 bits per heavy atom. The second kappa shape index (κ2) is 7.47. The summed E-state index contributed by atoms with van der Waals surface area (Å²) >= 11 is 6.30. The van der Waals surface area contributed by atoms with Gasteiger partial charge in [0.2, 0.25) is 11.6 Å². The van der Waals surface area contributed by atoms with Gasteiger partial charge < -0.3 is 14.3 Å². The number of aromatic nitrogens is 5. The van der Waals surface area contributed by atoms with Crippen molar-refractivity contribution in [2.45, 2.75) is 27.3 Å². The highest BCUT2D eigenvalue weighted by molar-refractivity contribution is 6.33. The zero-order chi connectivity index (χ0) is 21.8. The number of halogens is 2. The van der Waals surface area contributed by atoms with E-state index in [9.17, 15) is 4.39 Å². The number of fused-ring (bicyclic) bond motifs is 1. The van der Waals surface area contributed by atoms with E-state index in [1.54, 1.807) is 10.9 Å². The van der Waals surface area contributed by atoms with Gasteiger partial charge >= 0.3 is 0 Å². The number of nitrogens with zero attached hydrogens (tertiary/aromatic N) is 7. The van der Waals surface area contributed by atoms with Crippen molar-refractivity contribution in [2.75, 3.05) is 36.0 Å². The molecule has 2 aromatic heterocycles. The predicted octanol–water partition coefficient (Wildman–Crippen LogP) is 3.74. The maximum atomic E-state index is 13.7. The van der Waals surface area contributed by atoms with Crippen LogP contribution in [0, 0.1) is 23.1 Å². The lowest BCUT2D eigenvalue weighted by Crippen LogP contribution is -2.29. The van der Waals surface area contributed by atoms with Crippen LogP contribution in [0.5, 0.6) is 0 Å². The number of benzene rings is 1. The molecule has 2 saturated heterocycles. The van der Waals surface area contributed by atoms with Crippen LogP contribution in [0.4, 0.5) is 15.9 Å². The Kier molecular flexibility index (Phi) is 4.88. The molecular formula is C21H25ClFN7O. The van der Waals surface area contributed by atoms with Crippen molar-refractivity contribution in [1.82, 2.24) is 25.4 Å². The molecule has 2 aliphatic rings. The van der Waals surface area contributed by atoms with Crippen LogP contribution in [0.25, 0.3) is 11.6 Å². The van der Waals surface area contributed by atoms with Crippen LogP contribution in [0.3, 0.4) is 0 Å². The summed E-state index contributed by atoms with van der Waals surface area (Å²) in [4.78, 5) is 6.00. The third-order valence-electron chi connectivity index (χ3n) is 5.85. The third kappa shape index (κ3) is 4.11. The van der Waals surface area contributed by atoms with E-state index in [0.29, 0.717) is 35.0 Å². The van der Waals surface area contributed by atoms with Crippen molar-refractivity contribution in [3.63, 3.8) is 0 Å². The molecule has 0 amide bonds. The zero-order valence-electron chi connectivity index (χ0n) is 17.8. The maximum absolute atomic E-state index is 13.7. The van der Waals surface area contributed by atoms with Crippen molar-refractivity contribution in [3.8, 4) is 11.6 Å². The quantitative estimate of drug-likeness (QED) is 0.605. The first-order valence-corrected chi connectivity index (χ1v) is 10.8. The molecule has 0 saturated carbocycles. The van der Waals surface area contributed by atoms with Crippen LogP contribution in [0.15, 0.2) is 28.8 Å². The molecule has 2 atom stereocenters. The average molecular weight is 446 g/mol. The van der Waals surface area contributed by atoms with E-state index in [2.05, 4.69) is 51.1 Å². The molecule has 5 rings (SSSR count). The molecular weight excluding hydrogens is 421 g/mol. The molecule has 164 valence electrons. The number of tetrazole rings is 1. The Bertz CT molecular complexity index is 1080. The van der Waals surface area contributed by atoms with Gasteiger partial charge in [-0.15, -0.1) is 10.2 Å². The maximum Gasteiger partial charge on any atom is 0.242 e. The lowest BCUT2D eigenvalue weighted by atomic mass is 9.97. The van der Waals surface area contributed by atoms with Gasteiger partial charge in [0.1, 0.15) is 5.82 Å². The predicted molar refractivity (Wildman–Crippen MR) is 116 cm³/mol. The van der Waals surface area contributed by atoms with Gasteiger partial charge in [0.05, 0.1) is 17.3 Å². The molecule has 1 aromatic carbocycles. The lowest BCUT2D eigenvalue weighted by Gasteiger charge is -2.23. The molecule has 4 heterocycles. The largest absolute Gasteiger partial charge is 0.370 e. The SMILES string of the molecule is CC(C)(C)Cn1nnc(-c2cc(N3CC4CN(c5cc(F)ccc5Cl)CC4C3)no2)n1. The minimum Gasteiger partial charge on any atom is -0.370 e. The van der Waals surface area contributed by atoms with Crippen LogP contribution < -0.4 is 9.80 Å². The van der Waals surface area contributed by atoms with Crippen molar-refractivity contribution >= 4 is 23.1 Å². The summed E-state index contributed by atoms with van der Waals surface area (Å²) in [7, 11) is 0. The molecule has 2 fully saturated rings. The van der Waals surface area contributed by atoms with Gasteiger partial charge in [-0.3, -0.25) is 0 Å². The minimum atomic E-state index is -0.263. The molecule has 0 spiro atoms. The van der Waals surface area contributed by atoms with Gasteiger partial charge in [-0.25, -0.2) is 4.39 Å². The van der Waals surface area contributed by atoms with Crippen molar-refractivity contribution in [2.24, 2.45) is 17.3 Å². The molecule has 2 unspecified atom stereocenters. The Morgan fingerprint density at radius 2 is 1.81 bits per heavy atom. The smallest absolute Gasteiger partial charge is 0.242 e. The third-order valence-corrected chi connectivity index (χ3v) is 6.17. The molecule has 2 aliphatic heterocycles. The van der Waals surface area contributed by atoms with Gasteiger partial charge in [-0.05, 0) is 28.8 Å². The second-order valence-electron chi connectivity index (χ2n) is 9.68. The Balaban J connectivity index is 1.25. The van der Waals surface area contributed by atoms with E-state index < -0.39 is 0 Å². The van der Waals surface area contributed by atoms with Crippen molar-refractivity contribution in [3.05, 3.63) is 35.1 Å². The fraction of sp³-hybridized carbons (Fsp3) is 0.524. The molecule has 8 nitrogen and oxygen atoms in total. The molecule has 0 aliphatic carbocycles. The first-order chi connectivity index (χ1) is 14.7. The molecule has 0 bridgehead atoms. The Labute approximate surface area is 184 Å². The lowest BCUT2D eigenvalue weighted by molar-refractivity contribution is 0.299. The molecule has 31 heavy (non-hydrogen) atoms. The minimum absolute atomic E-state index is 0.0571. The van der Waals surface area contributed by atoms with Crippen molar-refractivity contribution < 1.29 is 8.91 Å². The fourth-order valence-corrected chi connectivity index (χ4v) is 4.70. The zero-order valence-corrected chi connectivity index (χ0v) is 18.6. The molecule has 0 N–H and O–H groups in total. The highest BCUT2D eigenvalue weighted by Crippen LogP contribution is 2.38. The summed E-state index contributed by atoms with van der Waals surface area (Å²) in [6.07, 6.45) is 0. The molecule has 10 heteroatoms. The summed E-state index contributed by atoms with van der Waals surface area (Å²) in [5.41, 5.74) is 0.831. The van der Waals surface area contributed by atoms with Gasteiger partial charge in [0, 0.05) is 44.1 Å². The van der Waals surface area contributed by atoms with E-state index in [4.69, 9.17) is 16.1 Å². The molecule has 0 radical (unpaired) electrons. The number of hydrogen-bond donors (Lipinski definition) is 0. The van der Waals surface area contributed by atoms with Gasteiger partial charge in [0.25, 0.3) is 0 Å². The normalized spacial score (nSPS) is 21.2. The summed E-state index contributed by atoms with van der Waals surface area (Å²) in [5, 5.41) is 17.5. The summed E-state index contributed by atoms with van der Waals surface area (Å²) in [6, 6.07) is 6.41. The highest BCUT2D eigenvalue weighted by atomic mass is 35.5. The van der Waals surface area contributed by atoms with E-state index in [0.717, 1.165) is 37.7 Å². The standard InChI is InChI=1S/C21H25ClFN7O/c1-21(2,3)12-30-25-20(24-27-30)18-7-19(26-31-18)29-10-13-8-28(9-14(13)11-29)17-6-15(23)4-5-16(17)22/h4-7,13-14H,8-12H2,1-3H3. The monoisotopic (exact) mass is 445 g/mol. The molecule has 3 aromatic rings. The number of rotatable bonds is 4. The van der Waals surface area contributed by atoms with E-state index >= 15 is 0 Å². The topological polar surface area (TPSA) is 76.1 Å². The van der Waals surface area contributed by atoms with Gasteiger partial charge in [-0.1, -0.05) is 37.5 Å². The second-order valence-corrected chi connectivity index (χ2v) is 10.1. The number of hydrogen-bond acceptors (Lipinski definition) is 7. The van der Waals surface area contributed by atoms with E-state index in [1.165, 1.54) is 12.1 Å². The number of anilines is 2. The summed E-state index contributed by atoms with van der Waals surface area (Å²) in [6.45, 7) is 10.5. The Hall–Kier alpha value is -2.68. The summed E-state index contributed by atoms with van der Waals surface area (Å²) in [5.74, 6) is 2.40. The van der Waals surface area contributed by atoms with Crippen LogP contribution in [-0.4, -0.2) is 51.5 Å². The Morgan fingerprint density at radius 3 is 2.52 bits per heavy atom. The first-order valence-electron chi connectivity index (χ1n) is 10.4. The van der Waals surface area contributed by atoms with Crippen LogP contribution in [0.1, 0.15) is 20.8 Å². The van der Waals surface area contributed by atoms with Crippen LogP contribution >= 0.6 is 11.6 Å². The van der Waals surface area contributed by atoms with E-state index in [-0.39, 0.29) is 11.2 Å². The van der Waals surface area contributed by atoms with Crippen LogP contribution in [0.2, 0.25) is 5.02 Å². The fourth-order valence-electron chi connectivity index (χ4n) is 4.46. The average Bonchev–Trinajstić information content (AvgIpc) is 3.43. The van der Waals surface area contributed by atoms with Crippen molar-refractivity contribution in [1.29, 1.82) is 0 Å².